The summed E-state index contributed by atoms with van der Waals surface area (Å²) >= 11 is 0. The van der Waals surface area contributed by atoms with Crippen molar-refractivity contribution in [3.05, 3.63) is 97.6 Å². The second-order valence-corrected chi connectivity index (χ2v) is 7.89. The lowest BCUT2D eigenvalue weighted by molar-refractivity contribution is -0.645. The second-order valence-electron chi connectivity index (χ2n) is 7.89. The van der Waals surface area contributed by atoms with Crippen molar-refractivity contribution in [3.63, 3.8) is 0 Å². The first kappa shape index (κ1) is 17.0. The number of para-hydroxylation sites is 2. The zero-order chi connectivity index (χ0) is 20.2. The fourth-order valence-corrected chi connectivity index (χ4v) is 4.46. The quantitative estimate of drug-likeness (QED) is 0.391. The molecule has 4 aromatic carbocycles. The summed E-state index contributed by atoms with van der Waals surface area (Å²) in [6, 6.07) is 30.3. The summed E-state index contributed by atoms with van der Waals surface area (Å²) in [5.74, 6) is 0. The SMILES string of the molecule is C[n+]1cn(-c2cccc(-n3c[n+](C)c4cc5ccccc5cc43)c2)c2ccccc21. The van der Waals surface area contributed by atoms with Gasteiger partial charge in [-0.1, -0.05) is 42.5 Å². The highest BCUT2D eigenvalue weighted by Gasteiger charge is 2.19. The van der Waals surface area contributed by atoms with Gasteiger partial charge in [0.1, 0.15) is 11.4 Å². The van der Waals surface area contributed by atoms with Gasteiger partial charge in [-0.05, 0) is 47.2 Å². The van der Waals surface area contributed by atoms with E-state index >= 15 is 0 Å². The van der Waals surface area contributed by atoms with Gasteiger partial charge in [0.2, 0.25) is 12.7 Å². The summed E-state index contributed by atoms with van der Waals surface area (Å²) in [6.07, 6.45) is 4.31. The number of benzene rings is 4. The highest BCUT2D eigenvalue weighted by atomic mass is 15.1. The molecule has 0 fully saturated rings. The Morgan fingerprint density at radius 1 is 0.533 bits per heavy atom. The lowest BCUT2D eigenvalue weighted by atomic mass is 10.1. The molecule has 0 spiro atoms. The van der Waals surface area contributed by atoms with Crippen molar-refractivity contribution in [2.45, 2.75) is 0 Å². The Labute approximate surface area is 174 Å². The van der Waals surface area contributed by atoms with Crippen LogP contribution in [0.15, 0.2) is 97.6 Å². The molecule has 4 heteroatoms. The molecule has 0 saturated carbocycles. The van der Waals surface area contributed by atoms with Crippen molar-refractivity contribution in [2.24, 2.45) is 14.1 Å². The second kappa shape index (κ2) is 6.29. The van der Waals surface area contributed by atoms with Gasteiger partial charge in [-0.25, -0.2) is 9.13 Å². The van der Waals surface area contributed by atoms with Crippen LogP contribution in [0, 0.1) is 0 Å². The van der Waals surface area contributed by atoms with Gasteiger partial charge in [-0.15, -0.1) is 0 Å². The van der Waals surface area contributed by atoms with Crippen molar-refractivity contribution >= 4 is 32.8 Å². The van der Waals surface area contributed by atoms with Gasteiger partial charge in [0.15, 0.2) is 22.1 Å². The molecule has 0 aliphatic rings. The number of aromatic nitrogens is 4. The van der Waals surface area contributed by atoms with Crippen LogP contribution in [0.1, 0.15) is 0 Å². The molecule has 0 aliphatic carbocycles. The smallest absolute Gasteiger partial charge is 0.232 e. The maximum atomic E-state index is 2.28. The van der Waals surface area contributed by atoms with E-state index in [1.807, 2.05) is 0 Å². The largest absolute Gasteiger partial charge is 0.249 e. The Kier molecular flexibility index (Phi) is 3.56. The number of aryl methyl sites for hydroxylation is 2. The molecule has 2 aromatic heterocycles. The Morgan fingerprint density at radius 3 is 1.90 bits per heavy atom. The van der Waals surface area contributed by atoms with E-state index in [0.717, 1.165) is 11.4 Å². The molecular formula is C26H22N4+2. The van der Waals surface area contributed by atoms with Crippen molar-refractivity contribution in [1.82, 2.24) is 9.13 Å². The van der Waals surface area contributed by atoms with E-state index < -0.39 is 0 Å². The molecule has 0 unspecified atom stereocenters. The van der Waals surface area contributed by atoms with Crippen molar-refractivity contribution in [3.8, 4) is 11.4 Å². The molecule has 4 nitrogen and oxygen atoms in total. The first-order valence-corrected chi connectivity index (χ1v) is 10.1. The fourth-order valence-electron chi connectivity index (χ4n) is 4.46. The van der Waals surface area contributed by atoms with E-state index in [0.29, 0.717) is 0 Å². The first-order valence-electron chi connectivity index (χ1n) is 10.1. The minimum Gasteiger partial charge on any atom is -0.232 e. The summed E-state index contributed by atoms with van der Waals surface area (Å²) in [7, 11) is 4.20. The molecule has 30 heavy (non-hydrogen) atoms. The summed E-state index contributed by atoms with van der Waals surface area (Å²) in [5.41, 5.74) is 7.13. The predicted molar refractivity (Wildman–Crippen MR) is 120 cm³/mol. The van der Waals surface area contributed by atoms with Gasteiger partial charge in [0, 0.05) is 6.07 Å². The summed E-state index contributed by atoms with van der Waals surface area (Å²) in [6.45, 7) is 0. The van der Waals surface area contributed by atoms with Crippen LogP contribution in [0.2, 0.25) is 0 Å². The minimum absolute atomic E-state index is 1.15. The van der Waals surface area contributed by atoms with Gasteiger partial charge >= 0.3 is 0 Å². The fraction of sp³-hybridized carbons (Fsp3) is 0.0769. The maximum absolute atomic E-state index is 2.28. The van der Waals surface area contributed by atoms with Crippen LogP contribution in [-0.2, 0) is 14.1 Å². The van der Waals surface area contributed by atoms with Crippen LogP contribution in [0.25, 0.3) is 44.2 Å². The molecule has 0 aliphatic heterocycles. The minimum atomic E-state index is 1.15. The van der Waals surface area contributed by atoms with Crippen LogP contribution in [0.3, 0.4) is 0 Å². The maximum Gasteiger partial charge on any atom is 0.249 e. The van der Waals surface area contributed by atoms with Crippen LogP contribution >= 0.6 is 0 Å². The average molecular weight is 390 g/mol. The molecule has 6 rings (SSSR count). The van der Waals surface area contributed by atoms with Crippen LogP contribution in [0.5, 0.6) is 0 Å². The number of imidazole rings is 2. The third-order valence-electron chi connectivity index (χ3n) is 5.97. The first-order chi connectivity index (χ1) is 14.7. The van der Waals surface area contributed by atoms with Crippen molar-refractivity contribution < 1.29 is 9.13 Å². The molecule has 2 heterocycles. The van der Waals surface area contributed by atoms with E-state index in [-0.39, 0.29) is 0 Å². The average Bonchev–Trinajstić information content (AvgIpc) is 3.30. The summed E-state index contributed by atoms with van der Waals surface area (Å²) in [5, 5.41) is 2.52. The van der Waals surface area contributed by atoms with E-state index in [9.17, 15) is 0 Å². The molecule has 0 N–H and O–H groups in total. The topological polar surface area (TPSA) is 17.6 Å². The zero-order valence-corrected chi connectivity index (χ0v) is 17.0. The van der Waals surface area contributed by atoms with Crippen LogP contribution in [0.4, 0.5) is 0 Å². The van der Waals surface area contributed by atoms with E-state index in [4.69, 9.17) is 0 Å². The Morgan fingerprint density at radius 2 is 1.13 bits per heavy atom. The van der Waals surface area contributed by atoms with Crippen LogP contribution < -0.4 is 9.13 Å². The zero-order valence-electron chi connectivity index (χ0n) is 17.0. The summed E-state index contributed by atoms with van der Waals surface area (Å²) in [4.78, 5) is 0. The third-order valence-corrected chi connectivity index (χ3v) is 5.97. The van der Waals surface area contributed by atoms with E-state index in [1.165, 1.54) is 32.8 Å². The molecule has 0 saturated heterocycles. The van der Waals surface area contributed by atoms with Crippen molar-refractivity contribution in [1.29, 1.82) is 0 Å². The number of fused-ring (bicyclic) bond motifs is 3. The lowest BCUT2D eigenvalue weighted by Gasteiger charge is -2.02. The van der Waals surface area contributed by atoms with E-state index in [1.54, 1.807) is 0 Å². The lowest BCUT2D eigenvalue weighted by Crippen LogP contribution is -2.25. The van der Waals surface area contributed by atoms with Crippen LogP contribution in [-0.4, -0.2) is 9.13 Å². The van der Waals surface area contributed by atoms with Gasteiger partial charge in [-0.3, -0.25) is 0 Å². The normalized spacial score (nSPS) is 11.7. The van der Waals surface area contributed by atoms with E-state index in [2.05, 4.69) is 130 Å². The van der Waals surface area contributed by atoms with Gasteiger partial charge in [0.05, 0.1) is 14.1 Å². The number of hydrogen-bond donors (Lipinski definition) is 0. The monoisotopic (exact) mass is 390 g/mol. The number of nitrogens with zero attached hydrogens (tertiary/aromatic N) is 4. The molecule has 0 atom stereocenters. The number of hydrogen-bond acceptors (Lipinski definition) is 0. The Bertz CT molecular complexity index is 1570. The molecule has 0 bridgehead atoms. The Hall–Kier alpha value is -3.92. The molecular weight excluding hydrogens is 368 g/mol. The highest BCUT2D eigenvalue weighted by Crippen LogP contribution is 2.25. The molecule has 144 valence electrons. The molecule has 6 aromatic rings. The standard InChI is InChI=1S/C26H22N4/c1-27-17-29(24-13-6-5-12-23(24)27)21-10-7-11-22(16-21)30-18-28(2)25-14-19-8-3-4-9-20(19)15-26(25)30/h3-18H,1-2H3/q+2. The highest BCUT2D eigenvalue weighted by molar-refractivity contribution is 5.94. The Balaban J connectivity index is 1.57. The third kappa shape index (κ3) is 2.47. The molecule has 0 radical (unpaired) electrons. The van der Waals surface area contributed by atoms with Gasteiger partial charge in [0.25, 0.3) is 0 Å². The number of rotatable bonds is 2. The van der Waals surface area contributed by atoms with Gasteiger partial charge < -0.3 is 0 Å². The van der Waals surface area contributed by atoms with Crippen molar-refractivity contribution in [2.75, 3.05) is 0 Å². The molecule has 0 amide bonds. The van der Waals surface area contributed by atoms with Gasteiger partial charge in [-0.2, -0.15) is 9.13 Å². The predicted octanol–water partition coefficient (Wildman–Crippen LogP) is 4.38. The summed E-state index contributed by atoms with van der Waals surface area (Å²) < 4.78 is 8.88.